The van der Waals surface area contributed by atoms with Crippen LogP contribution in [0.15, 0.2) is 18.2 Å². The summed E-state index contributed by atoms with van der Waals surface area (Å²) < 4.78 is 0. The number of hydrogen-bond donors (Lipinski definition) is 2. The van der Waals surface area contributed by atoms with Crippen LogP contribution < -0.4 is 5.32 Å². The molecule has 19 heavy (non-hydrogen) atoms. The van der Waals surface area contributed by atoms with Crippen LogP contribution in [0.2, 0.25) is 0 Å². The predicted octanol–water partition coefficient (Wildman–Crippen LogP) is 1.35. The highest BCUT2D eigenvalue weighted by molar-refractivity contribution is 5.85. The summed E-state index contributed by atoms with van der Waals surface area (Å²) >= 11 is 0. The first kappa shape index (κ1) is 14.0. The molecule has 5 nitrogen and oxygen atoms in total. The van der Waals surface area contributed by atoms with Gasteiger partial charge in [0.2, 0.25) is 0 Å². The topological polar surface area (TPSA) is 65.5 Å². The second-order valence-electron chi connectivity index (χ2n) is 5.25. The lowest BCUT2D eigenvalue weighted by atomic mass is 9.99. The van der Waals surface area contributed by atoms with Crippen LogP contribution in [-0.4, -0.2) is 46.6 Å². The van der Waals surface area contributed by atoms with Gasteiger partial charge in [-0.05, 0) is 45.5 Å². The van der Waals surface area contributed by atoms with Gasteiger partial charge in [0.05, 0.1) is 5.69 Å². The summed E-state index contributed by atoms with van der Waals surface area (Å²) in [5, 5.41) is 12.4. The van der Waals surface area contributed by atoms with Gasteiger partial charge < -0.3 is 15.3 Å². The average molecular weight is 263 g/mol. The molecule has 2 rings (SSSR count). The van der Waals surface area contributed by atoms with Crippen molar-refractivity contribution in [1.82, 2.24) is 15.2 Å². The Balaban J connectivity index is 1.88. The highest BCUT2D eigenvalue weighted by Crippen LogP contribution is 2.15. The third kappa shape index (κ3) is 3.75. The van der Waals surface area contributed by atoms with E-state index in [1.54, 1.807) is 6.07 Å². The zero-order valence-electron chi connectivity index (χ0n) is 11.5. The Morgan fingerprint density at radius 3 is 3.05 bits per heavy atom. The molecule has 0 amide bonds. The van der Waals surface area contributed by atoms with Crippen LogP contribution >= 0.6 is 0 Å². The number of aromatic nitrogens is 1. The van der Waals surface area contributed by atoms with E-state index in [0.717, 1.165) is 25.1 Å². The van der Waals surface area contributed by atoms with Crippen molar-refractivity contribution in [3.63, 3.8) is 0 Å². The highest BCUT2D eigenvalue weighted by Gasteiger charge is 2.22. The minimum atomic E-state index is -0.977. The first-order valence-electron chi connectivity index (χ1n) is 6.69. The fourth-order valence-electron chi connectivity index (χ4n) is 2.42. The zero-order valence-corrected chi connectivity index (χ0v) is 11.5. The predicted molar refractivity (Wildman–Crippen MR) is 73.2 cm³/mol. The average Bonchev–Trinajstić information content (AvgIpc) is 2.40. The Morgan fingerprint density at radius 2 is 2.37 bits per heavy atom. The van der Waals surface area contributed by atoms with Crippen molar-refractivity contribution in [3.8, 4) is 0 Å². The summed E-state index contributed by atoms with van der Waals surface area (Å²) in [4.78, 5) is 17.3. The molecule has 2 heterocycles. The van der Waals surface area contributed by atoms with Gasteiger partial charge >= 0.3 is 5.97 Å². The lowest BCUT2D eigenvalue weighted by Gasteiger charge is -2.35. The fraction of sp³-hybridized carbons (Fsp3) is 0.571. The number of pyridine rings is 1. The van der Waals surface area contributed by atoms with Crippen molar-refractivity contribution in [1.29, 1.82) is 0 Å². The van der Waals surface area contributed by atoms with Crippen LogP contribution in [-0.2, 0) is 6.54 Å². The van der Waals surface area contributed by atoms with Gasteiger partial charge in [-0.25, -0.2) is 9.78 Å². The molecular weight excluding hydrogens is 242 g/mol. The normalized spacial score (nSPS) is 24.3. The van der Waals surface area contributed by atoms with E-state index in [0.29, 0.717) is 18.6 Å². The molecule has 0 saturated carbocycles. The van der Waals surface area contributed by atoms with Crippen LogP contribution in [0.5, 0.6) is 0 Å². The van der Waals surface area contributed by atoms with Gasteiger partial charge in [-0.1, -0.05) is 6.07 Å². The minimum Gasteiger partial charge on any atom is -0.477 e. The van der Waals surface area contributed by atoms with Gasteiger partial charge in [-0.3, -0.25) is 0 Å². The fourth-order valence-corrected chi connectivity index (χ4v) is 2.42. The number of piperidine rings is 1. The maximum absolute atomic E-state index is 10.8. The molecule has 0 aliphatic carbocycles. The number of aromatic carboxylic acids is 1. The maximum atomic E-state index is 10.8. The van der Waals surface area contributed by atoms with Crippen LogP contribution in [0.4, 0.5) is 0 Å². The number of rotatable bonds is 4. The molecule has 2 atom stereocenters. The summed E-state index contributed by atoms with van der Waals surface area (Å²) in [6, 6.07) is 6.19. The number of likely N-dealkylation sites (tertiary alicyclic amines) is 1. The molecule has 104 valence electrons. The van der Waals surface area contributed by atoms with Crippen molar-refractivity contribution >= 4 is 5.97 Å². The molecule has 0 bridgehead atoms. The van der Waals surface area contributed by atoms with Gasteiger partial charge in [-0.2, -0.15) is 0 Å². The number of nitrogens with one attached hydrogen (secondary N) is 1. The molecule has 1 aromatic rings. The van der Waals surface area contributed by atoms with Gasteiger partial charge in [0.15, 0.2) is 0 Å². The van der Waals surface area contributed by atoms with E-state index in [1.807, 2.05) is 6.07 Å². The van der Waals surface area contributed by atoms with E-state index in [9.17, 15) is 4.79 Å². The van der Waals surface area contributed by atoms with Gasteiger partial charge in [0.1, 0.15) is 5.69 Å². The number of nitrogens with zero attached hydrogens (tertiary/aromatic N) is 2. The Hall–Kier alpha value is -1.46. The Bertz CT molecular complexity index is 450. The quantitative estimate of drug-likeness (QED) is 0.858. The summed E-state index contributed by atoms with van der Waals surface area (Å²) in [5.41, 5.74) is 0.891. The van der Waals surface area contributed by atoms with E-state index >= 15 is 0 Å². The second-order valence-corrected chi connectivity index (χ2v) is 5.25. The highest BCUT2D eigenvalue weighted by atomic mass is 16.4. The van der Waals surface area contributed by atoms with Crippen LogP contribution in [0, 0.1) is 0 Å². The van der Waals surface area contributed by atoms with Crippen molar-refractivity contribution in [2.75, 3.05) is 13.6 Å². The minimum absolute atomic E-state index is 0.107. The first-order chi connectivity index (χ1) is 9.06. The lowest BCUT2D eigenvalue weighted by molar-refractivity contribution is 0.0690. The van der Waals surface area contributed by atoms with Gasteiger partial charge in [0.25, 0.3) is 0 Å². The Morgan fingerprint density at radius 1 is 1.58 bits per heavy atom. The number of carboxylic acids is 1. The molecule has 1 aliphatic rings. The molecule has 2 unspecified atom stereocenters. The smallest absolute Gasteiger partial charge is 0.354 e. The summed E-state index contributed by atoms with van der Waals surface area (Å²) in [5.74, 6) is -0.977. The van der Waals surface area contributed by atoms with E-state index in [4.69, 9.17) is 5.11 Å². The van der Waals surface area contributed by atoms with Crippen LogP contribution in [0.3, 0.4) is 0 Å². The molecule has 1 saturated heterocycles. The van der Waals surface area contributed by atoms with Crippen molar-refractivity contribution in [2.24, 2.45) is 0 Å². The van der Waals surface area contributed by atoms with E-state index < -0.39 is 5.97 Å². The Labute approximate surface area is 113 Å². The zero-order chi connectivity index (χ0) is 13.8. The van der Waals surface area contributed by atoms with Crippen LogP contribution in [0.25, 0.3) is 0 Å². The van der Waals surface area contributed by atoms with Gasteiger partial charge in [0, 0.05) is 18.6 Å². The molecule has 2 N–H and O–H groups in total. The largest absolute Gasteiger partial charge is 0.477 e. The number of carboxylic acid groups (broad SMARTS) is 1. The summed E-state index contributed by atoms with van der Waals surface area (Å²) in [7, 11) is 2.15. The number of carbonyl (C=O) groups is 1. The van der Waals surface area contributed by atoms with E-state index in [-0.39, 0.29) is 5.69 Å². The molecule has 0 aromatic carbocycles. The molecule has 5 heteroatoms. The third-order valence-corrected chi connectivity index (χ3v) is 3.81. The maximum Gasteiger partial charge on any atom is 0.354 e. The monoisotopic (exact) mass is 263 g/mol. The van der Waals surface area contributed by atoms with Crippen molar-refractivity contribution < 1.29 is 9.90 Å². The molecule has 1 fully saturated rings. The number of hydrogen-bond acceptors (Lipinski definition) is 4. The molecule has 1 aliphatic heterocycles. The SMILES string of the molecule is CC1CC(NCc2cccc(C(=O)O)n2)CCN1C. The summed E-state index contributed by atoms with van der Waals surface area (Å²) in [6.45, 7) is 3.96. The Kier molecular flexibility index (Phi) is 4.50. The molecule has 1 aromatic heterocycles. The molecule has 0 spiro atoms. The van der Waals surface area contributed by atoms with Crippen LogP contribution in [0.1, 0.15) is 35.9 Å². The summed E-state index contributed by atoms with van der Waals surface area (Å²) in [6.07, 6.45) is 2.24. The molecular formula is C14H21N3O2. The van der Waals surface area contributed by atoms with Crippen molar-refractivity contribution in [2.45, 2.75) is 38.4 Å². The van der Waals surface area contributed by atoms with Gasteiger partial charge in [-0.15, -0.1) is 0 Å². The first-order valence-corrected chi connectivity index (χ1v) is 6.69. The van der Waals surface area contributed by atoms with Crippen molar-refractivity contribution in [3.05, 3.63) is 29.6 Å². The third-order valence-electron chi connectivity index (χ3n) is 3.81. The second kappa shape index (κ2) is 6.12. The van der Waals surface area contributed by atoms with E-state index in [1.165, 1.54) is 6.07 Å². The van der Waals surface area contributed by atoms with E-state index in [2.05, 4.69) is 29.2 Å². The molecule has 0 radical (unpaired) electrons. The lowest BCUT2D eigenvalue weighted by Crippen LogP contribution is -2.45. The standard InChI is InChI=1S/C14H21N3O2/c1-10-8-11(6-7-17(10)2)15-9-12-4-3-5-13(16-12)14(18)19/h3-5,10-11,15H,6-9H2,1-2H3,(H,18,19).